The van der Waals surface area contributed by atoms with E-state index in [-0.39, 0.29) is 15.9 Å². The van der Waals surface area contributed by atoms with Gasteiger partial charge in [-0.25, -0.2) is 0 Å². The van der Waals surface area contributed by atoms with E-state index < -0.39 is 53.0 Å². The Kier molecular flexibility index (Phi) is 5.05. The third kappa shape index (κ3) is 2.86. The Labute approximate surface area is 196 Å². The highest BCUT2D eigenvalue weighted by Gasteiger charge is 2.82. The van der Waals surface area contributed by atoms with E-state index in [4.69, 9.17) is 0 Å². The number of carbonyl (C=O) groups excluding carboxylic acids is 1. The summed E-state index contributed by atoms with van der Waals surface area (Å²) in [5.41, 5.74) is -3.14. The molecule has 0 aliphatic heterocycles. The zero-order chi connectivity index (χ0) is 25.2. The molecule has 35 heavy (non-hydrogen) atoms. The van der Waals surface area contributed by atoms with Crippen LogP contribution in [0.15, 0.2) is 113 Å². The maximum atomic E-state index is 15.5. The van der Waals surface area contributed by atoms with Crippen molar-refractivity contribution >= 4 is 29.0 Å². The average molecular weight is 504 g/mol. The molecule has 9 heteroatoms. The normalized spacial score (nSPS) is 20.3. The molecule has 0 unspecified atom stereocenters. The van der Waals surface area contributed by atoms with Crippen molar-refractivity contribution in [2.75, 3.05) is 0 Å². The van der Waals surface area contributed by atoms with E-state index in [2.05, 4.69) is 0 Å². The minimum absolute atomic E-state index is 0.242. The van der Waals surface area contributed by atoms with E-state index in [1.807, 2.05) is 0 Å². The molecule has 0 saturated carbocycles. The molecule has 2 aliphatic carbocycles. The predicted octanol–water partition coefficient (Wildman–Crippen LogP) is 4.35. The maximum absolute atomic E-state index is 15.5. The Hall–Kier alpha value is -3.38. The van der Waals surface area contributed by atoms with Crippen LogP contribution in [-0.2, 0) is 4.79 Å². The molecular weight excluding hydrogens is 489 g/mol. The number of allylic oxidation sites excluding steroid dienone is 4. The summed E-state index contributed by atoms with van der Waals surface area (Å²) >= 11 is 0. The number of carbonyl (C=O) groups is 1. The second-order valence-electron chi connectivity index (χ2n) is 8.16. The lowest BCUT2D eigenvalue weighted by molar-refractivity contribution is -0.343. The minimum atomic E-state index is -4.98. The van der Waals surface area contributed by atoms with Gasteiger partial charge >= 0.3 is 17.8 Å². The Morgan fingerprint density at radius 3 is 1.31 bits per heavy atom. The van der Waals surface area contributed by atoms with E-state index in [1.165, 1.54) is 36.4 Å². The highest BCUT2D eigenvalue weighted by molar-refractivity contribution is 7.99. The largest absolute Gasteiger partial charge is 0.871 e. The molecule has 0 aromatic heterocycles. The first-order valence-corrected chi connectivity index (χ1v) is 12.2. The molecule has 178 valence electrons. The van der Waals surface area contributed by atoms with Crippen LogP contribution in [0.2, 0.25) is 0 Å². The SMILES string of the molecule is O=C1C(C2=C([P+](c3ccccc3)(c3ccccc3)c3ccccc3)C(F)(F)C2(F)F)=C([O-])C1(F)F. The Bertz CT molecular complexity index is 1290. The Balaban J connectivity index is 2.00. The van der Waals surface area contributed by atoms with Crippen molar-refractivity contribution < 1.29 is 36.2 Å². The molecule has 0 N–H and O–H groups in total. The standard InChI is InChI=1S/C26H15F6O2P/c27-24(28)21(33)19(22(24)34)20-23(26(31,32)25(20,29)30)35(16-10-4-1-5-11-16,17-12-6-2-7-13-17)18-14-8-3-9-15-18/h1-15H. The number of ketones is 1. The topological polar surface area (TPSA) is 40.1 Å². The first kappa shape index (κ1) is 23.4. The van der Waals surface area contributed by atoms with Gasteiger partial charge in [0.2, 0.25) is 5.78 Å². The quantitative estimate of drug-likeness (QED) is 0.383. The highest BCUT2D eigenvalue weighted by Crippen LogP contribution is 2.77. The molecule has 3 aromatic carbocycles. The van der Waals surface area contributed by atoms with Crippen molar-refractivity contribution in [1.29, 1.82) is 0 Å². The number of alkyl halides is 6. The van der Waals surface area contributed by atoms with Gasteiger partial charge in [0.25, 0.3) is 0 Å². The third-order valence-electron chi connectivity index (χ3n) is 6.28. The van der Waals surface area contributed by atoms with Crippen molar-refractivity contribution in [3.8, 4) is 0 Å². The number of hydrogen-bond acceptors (Lipinski definition) is 2. The number of hydrogen-bond donors (Lipinski definition) is 0. The molecule has 0 fully saturated rings. The lowest BCUT2D eigenvalue weighted by atomic mass is 9.74. The van der Waals surface area contributed by atoms with Crippen LogP contribution in [0, 0.1) is 0 Å². The second kappa shape index (κ2) is 7.56. The van der Waals surface area contributed by atoms with Crippen molar-refractivity contribution in [2.24, 2.45) is 0 Å². The van der Waals surface area contributed by atoms with Crippen LogP contribution in [0.1, 0.15) is 0 Å². The molecule has 2 aliphatic rings. The fourth-order valence-electron chi connectivity index (χ4n) is 4.68. The van der Waals surface area contributed by atoms with Crippen molar-refractivity contribution in [2.45, 2.75) is 17.8 Å². The number of halogens is 6. The molecule has 0 heterocycles. The number of rotatable bonds is 5. The predicted molar refractivity (Wildman–Crippen MR) is 119 cm³/mol. The smallest absolute Gasteiger partial charge is 0.372 e. The van der Waals surface area contributed by atoms with Crippen LogP contribution in [0.25, 0.3) is 0 Å². The molecule has 0 saturated heterocycles. The van der Waals surface area contributed by atoms with Gasteiger partial charge in [-0.3, -0.25) is 4.79 Å². The molecular formula is C26H15F6O2P. The fraction of sp³-hybridized carbons (Fsp3) is 0.115. The summed E-state index contributed by atoms with van der Waals surface area (Å²) in [6, 6.07) is 23.1. The van der Waals surface area contributed by atoms with Gasteiger partial charge in [-0.05, 0) is 42.2 Å². The van der Waals surface area contributed by atoms with Crippen LogP contribution < -0.4 is 21.0 Å². The molecule has 5 rings (SSSR count). The summed E-state index contributed by atoms with van der Waals surface area (Å²) in [4.78, 5) is 12.1. The number of Topliss-reactive ketones (excluding diaryl/α,β-unsaturated/α-hetero) is 1. The van der Waals surface area contributed by atoms with Crippen LogP contribution >= 0.6 is 7.26 Å². The molecule has 0 bridgehead atoms. The van der Waals surface area contributed by atoms with Gasteiger partial charge in [-0.2, -0.15) is 26.3 Å². The molecule has 0 radical (unpaired) electrons. The zero-order valence-corrected chi connectivity index (χ0v) is 18.6. The first-order valence-electron chi connectivity index (χ1n) is 10.4. The Morgan fingerprint density at radius 2 is 0.971 bits per heavy atom. The van der Waals surface area contributed by atoms with Crippen molar-refractivity contribution in [3.63, 3.8) is 0 Å². The molecule has 0 atom stereocenters. The van der Waals surface area contributed by atoms with Gasteiger partial charge in [0.15, 0.2) is 5.31 Å². The molecule has 0 amide bonds. The fourth-order valence-corrected chi connectivity index (χ4v) is 9.35. The van der Waals surface area contributed by atoms with Gasteiger partial charge in [-0.15, -0.1) is 0 Å². The summed E-state index contributed by atoms with van der Waals surface area (Å²) in [5.74, 6) is -18.6. The minimum Gasteiger partial charge on any atom is -0.871 e. The van der Waals surface area contributed by atoms with Gasteiger partial charge in [0.05, 0.1) is 5.57 Å². The van der Waals surface area contributed by atoms with E-state index in [0.717, 1.165) is 0 Å². The van der Waals surface area contributed by atoms with Gasteiger partial charge in [0, 0.05) is 5.57 Å². The lowest BCUT2D eigenvalue weighted by Crippen LogP contribution is -2.61. The molecule has 3 aromatic rings. The van der Waals surface area contributed by atoms with Crippen LogP contribution in [0.4, 0.5) is 26.3 Å². The number of benzene rings is 3. The second-order valence-corrected chi connectivity index (χ2v) is 11.5. The summed E-state index contributed by atoms with van der Waals surface area (Å²) in [5, 5.41) is 11.7. The van der Waals surface area contributed by atoms with Crippen LogP contribution in [0.5, 0.6) is 0 Å². The summed E-state index contributed by atoms with van der Waals surface area (Å²) in [6.45, 7) is 0. The Morgan fingerprint density at radius 1 is 0.600 bits per heavy atom. The molecule has 0 spiro atoms. The zero-order valence-electron chi connectivity index (χ0n) is 17.7. The first-order chi connectivity index (χ1) is 16.5. The lowest BCUT2D eigenvalue weighted by Gasteiger charge is -2.48. The summed E-state index contributed by atoms with van der Waals surface area (Å²) in [7, 11) is -3.86. The van der Waals surface area contributed by atoms with Crippen LogP contribution in [0.3, 0.4) is 0 Å². The van der Waals surface area contributed by atoms with E-state index in [0.29, 0.717) is 0 Å². The van der Waals surface area contributed by atoms with Gasteiger partial charge in [0.1, 0.15) is 23.2 Å². The third-order valence-corrected chi connectivity index (χ3v) is 10.7. The maximum Gasteiger partial charge on any atom is 0.372 e. The van der Waals surface area contributed by atoms with Crippen molar-refractivity contribution in [3.05, 3.63) is 113 Å². The monoisotopic (exact) mass is 504 g/mol. The highest BCUT2D eigenvalue weighted by atomic mass is 31.2. The summed E-state index contributed by atoms with van der Waals surface area (Å²) < 4.78 is 88.7. The van der Waals surface area contributed by atoms with E-state index in [1.54, 1.807) is 54.6 Å². The summed E-state index contributed by atoms with van der Waals surface area (Å²) in [6.07, 6.45) is 0. The van der Waals surface area contributed by atoms with Crippen molar-refractivity contribution in [1.82, 2.24) is 0 Å². The van der Waals surface area contributed by atoms with E-state index in [9.17, 15) is 18.7 Å². The van der Waals surface area contributed by atoms with Gasteiger partial charge in [-0.1, -0.05) is 54.6 Å². The average Bonchev–Trinajstić information content (AvgIpc) is 2.87. The van der Waals surface area contributed by atoms with Gasteiger partial charge < -0.3 is 5.11 Å². The molecule has 2 nitrogen and oxygen atoms in total. The van der Waals surface area contributed by atoms with Crippen LogP contribution in [-0.4, -0.2) is 23.6 Å². The van der Waals surface area contributed by atoms with E-state index >= 15 is 17.6 Å².